The standard InChI is InChI=1S/C14H18N2O/c1-14(17,13-7-2-3-8-16-13)12-6-4-5-11(9-12)10-15/h4-6,9,13,16-17H,2-3,7-8H2,1H3. The third-order valence-electron chi connectivity index (χ3n) is 3.56. The quantitative estimate of drug-likeness (QED) is 0.816. The second-order valence-corrected chi connectivity index (χ2v) is 4.84. The summed E-state index contributed by atoms with van der Waals surface area (Å²) < 4.78 is 0. The van der Waals surface area contributed by atoms with Gasteiger partial charge in [-0.2, -0.15) is 5.26 Å². The number of nitrogens with zero attached hydrogens (tertiary/aromatic N) is 1. The van der Waals surface area contributed by atoms with Crippen molar-refractivity contribution in [2.45, 2.75) is 37.8 Å². The minimum absolute atomic E-state index is 0.0743. The summed E-state index contributed by atoms with van der Waals surface area (Å²) in [6.07, 6.45) is 3.29. The number of hydrogen-bond donors (Lipinski definition) is 2. The van der Waals surface area contributed by atoms with Gasteiger partial charge in [-0.1, -0.05) is 18.6 Å². The molecule has 0 spiro atoms. The van der Waals surface area contributed by atoms with Gasteiger partial charge in [-0.05, 0) is 44.0 Å². The van der Waals surface area contributed by atoms with Crippen LogP contribution >= 0.6 is 0 Å². The number of piperidine rings is 1. The molecule has 1 aliphatic heterocycles. The van der Waals surface area contributed by atoms with Crippen LogP contribution in [0.1, 0.15) is 37.3 Å². The van der Waals surface area contributed by atoms with Gasteiger partial charge < -0.3 is 10.4 Å². The highest BCUT2D eigenvalue weighted by Crippen LogP contribution is 2.29. The van der Waals surface area contributed by atoms with E-state index in [9.17, 15) is 5.11 Å². The Labute approximate surface area is 102 Å². The molecule has 0 radical (unpaired) electrons. The van der Waals surface area contributed by atoms with Gasteiger partial charge in [0.1, 0.15) is 5.60 Å². The predicted molar refractivity (Wildman–Crippen MR) is 66.4 cm³/mol. The molecule has 1 aromatic rings. The molecule has 1 aliphatic rings. The third kappa shape index (κ3) is 2.49. The van der Waals surface area contributed by atoms with Crippen molar-refractivity contribution in [2.24, 2.45) is 0 Å². The largest absolute Gasteiger partial charge is 0.384 e. The second-order valence-electron chi connectivity index (χ2n) is 4.84. The van der Waals surface area contributed by atoms with Gasteiger partial charge >= 0.3 is 0 Å². The summed E-state index contributed by atoms with van der Waals surface area (Å²) >= 11 is 0. The van der Waals surface area contributed by atoms with Gasteiger partial charge in [-0.3, -0.25) is 0 Å². The Morgan fingerprint density at radius 3 is 2.94 bits per heavy atom. The Morgan fingerprint density at radius 1 is 1.47 bits per heavy atom. The van der Waals surface area contributed by atoms with Gasteiger partial charge in [0.05, 0.1) is 11.6 Å². The zero-order valence-corrected chi connectivity index (χ0v) is 10.1. The Morgan fingerprint density at radius 2 is 2.29 bits per heavy atom. The van der Waals surface area contributed by atoms with Crippen LogP contribution in [0.15, 0.2) is 24.3 Å². The topological polar surface area (TPSA) is 56.0 Å². The molecule has 1 heterocycles. The third-order valence-corrected chi connectivity index (χ3v) is 3.56. The maximum atomic E-state index is 10.7. The fourth-order valence-corrected chi connectivity index (χ4v) is 2.44. The summed E-state index contributed by atoms with van der Waals surface area (Å²) in [6.45, 7) is 2.78. The number of benzene rings is 1. The van der Waals surface area contributed by atoms with E-state index in [0.717, 1.165) is 24.9 Å². The van der Waals surface area contributed by atoms with Crippen molar-refractivity contribution in [2.75, 3.05) is 6.54 Å². The Hall–Kier alpha value is -1.37. The van der Waals surface area contributed by atoms with Crippen molar-refractivity contribution in [1.82, 2.24) is 5.32 Å². The molecule has 0 bridgehead atoms. The first-order chi connectivity index (χ1) is 8.14. The highest BCUT2D eigenvalue weighted by Gasteiger charge is 2.34. The van der Waals surface area contributed by atoms with Crippen LogP contribution in [0, 0.1) is 11.3 Å². The van der Waals surface area contributed by atoms with Crippen LogP contribution in [0.3, 0.4) is 0 Å². The molecule has 17 heavy (non-hydrogen) atoms. The van der Waals surface area contributed by atoms with E-state index in [2.05, 4.69) is 11.4 Å². The zero-order valence-electron chi connectivity index (χ0n) is 10.1. The Bertz CT molecular complexity index is 428. The lowest BCUT2D eigenvalue weighted by Gasteiger charge is -2.36. The van der Waals surface area contributed by atoms with Crippen LogP contribution in [0.25, 0.3) is 0 Å². The average molecular weight is 230 g/mol. The van der Waals surface area contributed by atoms with E-state index in [-0.39, 0.29) is 6.04 Å². The zero-order chi connectivity index (χ0) is 12.3. The van der Waals surface area contributed by atoms with Gasteiger partial charge in [0.15, 0.2) is 0 Å². The van der Waals surface area contributed by atoms with Crippen LogP contribution in [-0.2, 0) is 5.60 Å². The van der Waals surface area contributed by atoms with Gasteiger partial charge in [0, 0.05) is 6.04 Å². The first-order valence-electron chi connectivity index (χ1n) is 6.11. The van der Waals surface area contributed by atoms with Crippen molar-refractivity contribution in [3.63, 3.8) is 0 Å². The average Bonchev–Trinajstić information content (AvgIpc) is 2.40. The van der Waals surface area contributed by atoms with Crippen LogP contribution in [0.2, 0.25) is 0 Å². The molecule has 2 N–H and O–H groups in total. The molecule has 3 nitrogen and oxygen atoms in total. The summed E-state index contributed by atoms with van der Waals surface area (Å²) in [7, 11) is 0. The van der Waals surface area contributed by atoms with Crippen molar-refractivity contribution in [3.8, 4) is 6.07 Å². The van der Waals surface area contributed by atoms with Gasteiger partial charge in [-0.15, -0.1) is 0 Å². The van der Waals surface area contributed by atoms with Crippen molar-refractivity contribution in [3.05, 3.63) is 35.4 Å². The molecule has 90 valence electrons. The minimum Gasteiger partial charge on any atom is -0.384 e. The fourth-order valence-electron chi connectivity index (χ4n) is 2.44. The Balaban J connectivity index is 2.26. The normalized spacial score (nSPS) is 23.7. The lowest BCUT2D eigenvalue weighted by molar-refractivity contribution is 0.00566. The lowest BCUT2D eigenvalue weighted by atomic mass is 9.83. The first kappa shape index (κ1) is 12.1. The number of nitrogens with one attached hydrogen (secondary N) is 1. The predicted octanol–water partition coefficient (Wildman–Crippen LogP) is 1.91. The molecular weight excluding hydrogens is 212 g/mol. The van der Waals surface area contributed by atoms with E-state index < -0.39 is 5.60 Å². The van der Waals surface area contributed by atoms with Gasteiger partial charge in [0.25, 0.3) is 0 Å². The van der Waals surface area contributed by atoms with Gasteiger partial charge in [0.2, 0.25) is 0 Å². The number of aliphatic hydroxyl groups is 1. The van der Waals surface area contributed by atoms with E-state index in [4.69, 9.17) is 5.26 Å². The molecule has 0 amide bonds. The minimum atomic E-state index is -0.909. The number of rotatable bonds is 2. The summed E-state index contributed by atoms with van der Waals surface area (Å²) in [5.41, 5.74) is 0.502. The maximum Gasteiger partial charge on any atom is 0.102 e. The SMILES string of the molecule is CC(O)(c1cccc(C#N)c1)C1CCCCN1. The summed E-state index contributed by atoms with van der Waals surface area (Å²) in [5.74, 6) is 0. The van der Waals surface area contributed by atoms with E-state index in [1.54, 1.807) is 12.1 Å². The van der Waals surface area contributed by atoms with E-state index in [0.29, 0.717) is 5.56 Å². The molecular formula is C14H18N2O. The smallest absolute Gasteiger partial charge is 0.102 e. The molecule has 1 saturated heterocycles. The fraction of sp³-hybridized carbons (Fsp3) is 0.500. The monoisotopic (exact) mass is 230 g/mol. The van der Waals surface area contributed by atoms with Crippen molar-refractivity contribution >= 4 is 0 Å². The van der Waals surface area contributed by atoms with Crippen molar-refractivity contribution in [1.29, 1.82) is 5.26 Å². The van der Waals surface area contributed by atoms with Crippen molar-refractivity contribution < 1.29 is 5.11 Å². The van der Waals surface area contributed by atoms with Crippen LogP contribution in [-0.4, -0.2) is 17.7 Å². The maximum absolute atomic E-state index is 10.7. The molecule has 0 saturated carbocycles. The van der Waals surface area contributed by atoms with Crippen LogP contribution in [0.4, 0.5) is 0 Å². The van der Waals surface area contributed by atoms with Crippen LogP contribution < -0.4 is 5.32 Å². The Kier molecular flexibility index (Phi) is 3.46. The molecule has 0 aliphatic carbocycles. The molecule has 2 unspecified atom stereocenters. The van der Waals surface area contributed by atoms with Gasteiger partial charge in [-0.25, -0.2) is 0 Å². The molecule has 1 fully saturated rings. The molecule has 0 aromatic heterocycles. The van der Waals surface area contributed by atoms with Crippen LogP contribution in [0.5, 0.6) is 0 Å². The lowest BCUT2D eigenvalue weighted by Crippen LogP contribution is -2.49. The number of hydrogen-bond acceptors (Lipinski definition) is 3. The molecule has 3 heteroatoms. The van der Waals surface area contributed by atoms with E-state index in [1.165, 1.54) is 6.42 Å². The second kappa shape index (κ2) is 4.87. The highest BCUT2D eigenvalue weighted by atomic mass is 16.3. The molecule has 2 atom stereocenters. The van der Waals surface area contributed by atoms with E-state index in [1.807, 2.05) is 19.1 Å². The van der Waals surface area contributed by atoms with E-state index >= 15 is 0 Å². The summed E-state index contributed by atoms with van der Waals surface area (Å²) in [4.78, 5) is 0. The summed E-state index contributed by atoms with van der Waals surface area (Å²) in [6, 6.07) is 9.43. The highest BCUT2D eigenvalue weighted by molar-refractivity contribution is 5.36. The summed E-state index contributed by atoms with van der Waals surface area (Å²) in [5, 5.41) is 22.9. The molecule has 1 aromatic carbocycles. The first-order valence-corrected chi connectivity index (χ1v) is 6.11. The molecule has 2 rings (SSSR count). The number of nitriles is 1.